The molecule has 0 spiro atoms. The fraction of sp³-hybridized carbons (Fsp3) is 0.100. The van der Waals surface area contributed by atoms with Gasteiger partial charge in [-0.15, -0.1) is 0 Å². The molecule has 2 heterocycles. The van der Waals surface area contributed by atoms with Gasteiger partial charge in [0.05, 0.1) is 19.3 Å². The molecule has 0 fully saturated rings. The van der Waals surface area contributed by atoms with Gasteiger partial charge in [0.25, 0.3) is 11.8 Å². The number of rotatable bonds is 6. The van der Waals surface area contributed by atoms with E-state index < -0.39 is 0 Å². The van der Waals surface area contributed by atoms with Gasteiger partial charge in [0.1, 0.15) is 11.4 Å². The van der Waals surface area contributed by atoms with Gasteiger partial charge in [-0.3, -0.25) is 19.6 Å². The van der Waals surface area contributed by atoms with E-state index in [0.29, 0.717) is 17.0 Å². The first-order chi connectivity index (χ1) is 13.2. The maximum absolute atomic E-state index is 12.4. The molecule has 0 atom stereocenters. The van der Waals surface area contributed by atoms with E-state index in [1.807, 2.05) is 12.1 Å². The highest BCUT2D eigenvalue weighted by atomic mass is 16.5. The Morgan fingerprint density at radius 3 is 2.63 bits per heavy atom. The van der Waals surface area contributed by atoms with Gasteiger partial charge in [-0.1, -0.05) is 12.1 Å². The Morgan fingerprint density at radius 2 is 1.85 bits per heavy atom. The third kappa shape index (κ3) is 4.88. The molecular formula is C20H18N4O3. The number of ether oxygens (including phenoxy) is 1. The second kappa shape index (κ2) is 8.57. The maximum Gasteiger partial charge on any atom is 0.270 e. The van der Waals surface area contributed by atoms with Crippen molar-refractivity contribution in [1.82, 2.24) is 15.3 Å². The molecule has 0 saturated heterocycles. The van der Waals surface area contributed by atoms with Crippen LogP contribution in [-0.4, -0.2) is 28.9 Å². The van der Waals surface area contributed by atoms with Crippen molar-refractivity contribution in [3.8, 4) is 5.75 Å². The second-order valence-corrected chi connectivity index (χ2v) is 5.62. The fourth-order valence-electron chi connectivity index (χ4n) is 2.36. The van der Waals surface area contributed by atoms with Crippen molar-refractivity contribution in [2.24, 2.45) is 0 Å². The van der Waals surface area contributed by atoms with Crippen LogP contribution in [0.4, 0.5) is 5.69 Å². The highest BCUT2D eigenvalue weighted by Gasteiger charge is 2.12. The first-order valence-corrected chi connectivity index (χ1v) is 8.25. The Morgan fingerprint density at radius 1 is 0.963 bits per heavy atom. The van der Waals surface area contributed by atoms with E-state index in [1.54, 1.807) is 49.7 Å². The summed E-state index contributed by atoms with van der Waals surface area (Å²) in [6, 6.07) is 15.5. The summed E-state index contributed by atoms with van der Waals surface area (Å²) in [6.45, 7) is 0.279. The molecule has 0 unspecified atom stereocenters. The molecule has 3 aromatic rings. The van der Waals surface area contributed by atoms with Gasteiger partial charge in [0.15, 0.2) is 0 Å². The molecule has 0 bridgehead atoms. The largest absolute Gasteiger partial charge is 0.497 e. The van der Waals surface area contributed by atoms with Crippen molar-refractivity contribution >= 4 is 17.5 Å². The van der Waals surface area contributed by atoms with Crippen molar-refractivity contribution in [3.05, 3.63) is 83.9 Å². The average Bonchev–Trinajstić information content (AvgIpc) is 2.73. The number of carbonyl (C=O) groups is 2. The van der Waals surface area contributed by atoms with Crippen LogP contribution in [0.1, 0.15) is 26.5 Å². The van der Waals surface area contributed by atoms with Gasteiger partial charge in [0, 0.05) is 29.7 Å². The van der Waals surface area contributed by atoms with Crippen LogP contribution in [0, 0.1) is 0 Å². The Kier molecular flexibility index (Phi) is 5.73. The summed E-state index contributed by atoms with van der Waals surface area (Å²) in [4.78, 5) is 32.9. The molecule has 1 aromatic carbocycles. The monoisotopic (exact) mass is 362 g/mol. The molecule has 0 aliphatic carbocycles. The average molecular weight is 362 g/mol. The Balaban J connectivity index is 1.66. The minimum absolute atomic E-state index is 0.157. The van der Waals surface area contributed by atoms with Crippen LogP contribution >= 0.6 is 0 Å². The SMILES string of the molecule is COc1cccc(NC(=O)c2ccnc(C(=O)NCc3ccccn3)c2)c1. The third-order valence-corrected chi connectivity index (χ3v) is 3.74. The predicted molar refractivity (Wildman–Crippen MR) is 101 cm³/mol. The van der Waals surface area contributed by atoms with Crippen LogP contribution < -0.4 is 15.4 Å². The number of aromatic nitrogens is 2. The first-order valence-electron chi connectivity index (χ1n) is 8.25. The van der Waals surface area contributed by atoms with Crippen molar-refractivity contribution in [1.29, 1.82) is 0 Å². The molecule has 0 radical (unpaired) electrons. The molecule has 0 aliphatic heterocycles. The fourth-order valence-corrected chi connectivity index (χ4v) is 2.36. The standard InChI is InChI=1S/C20H18N4O3/c1-27-17-7-4-6-15(12-17)24-19(25)14-8-10-22-18(11-14)20(26)23-13-16-5-2-3-9-21-16/h2-12H,13H2,1H3,(H,23,26)(H,24,25). The van der Waals surface area contributed by atoms with Crippen LogP contribution in [0.25, 0.3) is 0 Å². The van der Waals surface area contributed by atoms with Crippen LogP contribution in [0.3, 0.4) is 0 Å². The predicted octanol–water partition coefficient (Wildman–Crippen LogP) is 2.67. The van der Waals surface area contributed by atoms with Crippen molar-refractivity contribution in [2.45, 2.75) is 6.54 Å². The Hall–Kier alpha value is -3.74. The molecule has 2 N–H and O–H groups in total. The lowest BCUT2D eigenvalue weighted by molar-refractivity contribution is 0.0945. The number of hydrogen-bond donors (Lipinski definition) is 2. The number of benzene rings is 1. The lowest BCUT2D eigenvalue weighted by atomic mass is 10.2. The summed E-state index contributed by atoms with van der Waals surface area (Å²) in [7, 11) is 1.56. The number of hydrogen-bond acceptors (Lipinski definition) is 5. The zero-order valence-corrected chi connectivity index (χ0v) is 14.7. The maximum atomic E-state index is 12.4. The molecule has 0 aliphatic rings. The number of amides is 2. The van der Waals surface area contributed by atoms with Gasteiger partial charge >= 0.3 is 0 Å². The summed E-state index contributed by atoms with van der Waals surface area (Å²) in [5, 5.41) is 5.50. The van der Waals surface area contributed by atoms with E-state index in [0.717, 1.165) is 5.69 Å². The third-order valence-electron chi connectivity index (χ3n) is 3.74. The summed E-state index contributed by atoms with van der Waals surface area (Å²) in [5.41, 5.74) is 1.81. The lowest BCUT2D eigenvalue weighted by Crippen LogP contribution is -2.24. The van der Waals surface area contributed by atoms with Crippen LogP contribution in [-0.2, 0) is 6.54 Å². The molecule has 136 valence electrons. The van der Waals surface area contributed by atoms with Crippen molar-refractivity contribution < 1.29 is 14.3 Å². The van der Waals surface area contributed by atoms with E-state index in [1.165, 1.54) is 12.3 Å². The zero-order valence-electron chi connectivity index (χ0n) is 14.7. The van der Waals surface area contributed by atoms with E-state index in [9.17, 15) is 9.59 Å². The molecular weight excluding hydrogens is 344 g/mol. The van der Waals surface area contributed by atoms with Crippen molar-refractivity contribution in [2.75, 3.05) is 12.4 Å². The number of nitrogens with zero attached hydrogens (tertiary/aromatic N) is 2. The van der Waals surface area contributed by atoms with E-state index in [2.05, 4.69) is 20.6 Å². The number of nitrogens with one attached hydrogen (secondary N) is 2. The number of carbonyl (C=O) groups excluding carboxylic acids is 2. The molecule has 0 saturated carbocycles. The topological polar surface area (TPSA) is 93.2 Å². The number of pyridine rings is 2. The van der Waals surface area contributed by atoms with Crippen LogP contribution in [0.15, 0.2) is 67.0 Å². The smallest absolute Gasteiger partial charge is 0.270 e. The summed E-state index contributed by atoms with van der Waals surface area (Å²) >= 11 is 0. The van der Waals surface area contributed by atoms with Gasteiger partial charge in [-0.25, -0.2) is 0 Å². The summed E-state index contributed by atoms with van der Waals surface area (Å²) in [6.07, 6.45) is 3.08. The Labute approximate surface area is 156 Å². The highest BCUT2D eigenvalue weighted by Crippen LogP contribution is 2.17. The zero-order chi connectivity index (χ0) is 19.1. The van der Waals surface area contributed by atoms with Gasteiger partial charge in [0.2, 0.25) is 0 Å². The van der Waals surface area contributed by atoms with E-state index in [4.69, 9.17) is 4.74 Å². The Bertz CT molecular complexity index is 945. The summed E-state index contributed by atoms with van der Waals surface area (Å²) in [5.74, 6) is -0.0850. The van der Waals surface area contributed by atoms with Gasteiger partial charge < -0.3 is 15.4 Å². The molecule has 2 amide bonds. The van der Waals surface area contributed by atoms with E-state index >= 15 is 0 Å². The van der Waals surface area contributed by atoms with E-state index in [-0.39, 0.29) is 24.1 Å². The number of methoxy groups -OCH3 is 1. The first kappa shape index (κ1) is 18.1. The molecule has 7 heteroatoms. The summed E-state index contributed by atoms with van der Waals surface area (Å²) < 4.78 is 5.14. The van der Waals surface area contributed by atoms with Crippen LogP contribution in [0.5, 0.6) is 5.75 Å². The van der Waals surface area contributed by atoms with Gasteiger partial charge in [-0.05, 0) is 36.4 Å². The van der Waals surface area contributed by atoms with Crippen molar-refractivity contribution in [3.63, 3.8) is 0 Å². The highest BCUT2D eigenvalue weighted by molar-refractivity contribution is 6.05. The minimum Gasteiger partial charge on any atom is -0.497 e. The number of anilines is 1. The molecule has 27 heavy (non-hydrogen) atoms. The quantitative estimate of drug-likeness (QED) is 0.703. The molecule has 2 aromatic heterocycles. The lowest BCUT2D eigenvalue weighted by Gasteiger charge is -2.08. The minimum atomic E-state index is -0.378. The van der Waals surface area contributed by atoms with Crippen LogP contribution in [0.2, 0.25) is 0 Å². The van der Waals surface area contributed by atoms with Gasteiger partial charge in [-0.2, -0.15) is 0 Å². The second-order valence-electron chi connectivity index (χ2n) is 5.62. The molecule has 7 nitrogen and oxygen atoms in total. The normalized spacial score (nSPS) is 10.1. The molecule has 3 rings (SSSR count).